The molecule has 0 fully saturated rings. The largest absolute Gasteiger partial charge is 0.456 e. The van der Waals surface area contributed by atoms with Crippen molar-refractivity contribution in [2.45, 2.75) is 0 Å². The average molecular weight is 387 g/mol. The molecule has 0 unspecified atom stereocenters. The summed E-state index contributed by atoms with van der Waals surface area (Å²) in [4.78, 5) is 26.6. The molecule has 4 aromatic carbocycles. The second-order valence-electron chi connectivity index (χ2n) is 7.68. The van der Waals surface area contributed by atoms with Crippen LogP contribution in [0.5, 0.6) is 0 Å². The van der Waals surface area contributed by atoms with Gasteiger partial charge in [0, 0.05) is 38.4 Å². The maximum Gasteiger partial charge on any atom is 0.197 e. The lowest BCUT2D eigenvalue weighted by molar-refractivity contribution is 0.669. The summed E-state index contributed by atoms with van der Waals surface area (Å²) in [5.74, 6) is 0. The van der Waals surface area contributed by atoms with Crippen molar-refractivity contribution in [3.05, 3.63) is 99.3 Å². The van der Waals surface area contributed by atoms with E-state index in [-0.39, 0.29) is 10.9 Å². The molecule has 3 heterocycles. The Morgan fingerprint density at radius 3 is 2.03 bits per heavy atom. The molecule has 0 spiro atoms. The summed E-state index contributed by atoms with van der Waals surface area (Å²) in [5.41, 5.74) is 3.57. The fraction of sp³-hybridized carbons (Fsp3) is 0. The lowest BCUT2D eigenvalue weighted by Gasteiger charge is -2.14. The Kier molecular flexibility index (Phi) is 2.75. The summed E-state index contributed by atoms with van der Waals surface area (Å²) in [6.45, 7) is 0. The van der Waals surface area contributed by atoms with Crippen LogP contribution in [0.3, 0.4) is 0 Å². The summed E-state index contributed by atoms with van der Waals surface area (Å²) < 4.78 is 8.12. The molecule has 0 aliphatic carbocycles. The Hall–Kier alpha value is -4.18. The van der Waals surface area contributed by atoms with Crippen LogP contribution in [-0.4, -0.2) is 4.40 Å². The second kappa shape index (κ2) is 5.24. The van der Waals surface area contributed by atoms with Gasteiger partial charge >= 0.3 is 0 Å². The number of fused-ring (bicyclic) bond motifs is 7. The van der Waals surface area contributed by atoms with E-state index in [0.29, 0.717) is 27.1 Å². The van der Waals surface area contributed by atoms with Crippen LogP contribution in [0.4, 0.5) is 0 Å². The topological polar surface area (TPSA) is 51.7 Å². The van der Waals surface area contributed by atoms with Crippen molar-refractivity contribution in [2.75, 3.05) is 0 Å². The lowest BCUT2D eigenvalue weighted by atomic mass is 10.0. The van der Waals surface area contributed by atoms with E-state index in [2.05, 4.69) is 0 Å². The molecule has 7 aromatic rings. The van der Waals surface area contributed by atoms with E-state index in [1.807, 2.05) is 65.1 Å². The van der Waals surface area contributed by atoms with Crippen LogP contribution in [0.2, 0.25) is 0 Å². The number of benzene rings is 4. The predicted molar refractivity (Wildman–Crippen MR) is 121 cm³/mol. The van der Waals surface area contributed by atoms with Gasteiger partial charge in [-0.05, 0) is 36.4 Å². The third-order valence-electron chi connectivity index (χ3n) is 6.12. The van der Waals surface area contributed by atoms with Gasteiger partial charge in [0.2, 0.25) is 0 Å². The highest BCUT2D eigenvalue weighted by molar-refractivity contribution is 6.13. The van der Waals surface area contributed by atoms with Crippen LogP contribution in [0.1, 0.15) is 0 Å². The highest BCUT2D eigenvalue weighted by atomic mass is 16.3. The standard InChI is InChI=1S/C26H13NO3/c28-25-15-7-1-3-10-20(15)27-21-13-23-18(14-6-2-4-11-22(14)30-23)12-19(21)26(29)17-9-5-8-16(25)24(17)27/h1-13H. The van der Waals surface area contributed by atoms with Gasteiger partial charge in [-0.15, -0.1) is 0 Å². The van der Waals surface area contributed by atoms with Crippen LogP contribution < -0.4 is 10.9 Å². The fourth-order valence-electron chi connectivity index (χ4n) is 4.80. The van der Waals surface area contributed by atoms with Crippen LogP contribution >= 0.6 is 0 Å². The molecule has 30 heavy (non-hydrogen) atoms. The summed E-state index contributed by atoms with van der Waals surface area (Å²) in [6, 6.07) is 24.6. The summed E-state index contributed by atoms with van der Waals surface area (Å²) >= 11 is 0. The minimum absolute atomic E-state index is 0.0558. The zero-order chi connectivity index (χ0) is 20.0. The number of rotatable bonds is 0. The zero-order valence-electron chi connectivity index (χ0n) is 15.7. The van der Waals surface area contributed by atoms with E-state index >= 15 is 0 Å². The third kappa shape index (κ3) is 1.77. The monoisotopic (exact) mass is 387 g/mol. The van der Waals surface area contributed by atoms with E-state index in [0.717, 1.165) is 33.0 Å². The first-order valence-electron chi connectivity index (χ1n) is 9.79. The molecule has 4 nitrogen and oxygen atoms in total. The molecule has 0 aliphatic rings. The van der Waals surface area contributed by atoms with Gasteiger partial charge < -0.3 is 8.82 Å². The van der Waals surface area contributed by atoms with Crippen molar-refractivity contribution in [3.63, 3.8) is 0 Å². The zero-order valence-corrected chi connectivity index (χ0v) is 15.7. The predicted octanol–water partition coefficient (Wildman–Crippen LogP) is 5.46. The van der Waals surface area contributed by atoms with Crippen LogP contribution in [0.25, 0.3) is 60.0 Å². The molecule has 0 radical (unpaired) electrons. The Morgan fingerprint density at radius 1 is 0.533 bits per heavy atom. The van der Waals surface area contributed by atoms with Crippen molar-refractivity contribution >= 4 is 60.0 Å². The lowest BCUT2D eigenvalue weighted by Crippen LogP contribution is -2.13. The van der Waals surface area contributed by atoms with Gasteiger partial charge in [0.15, 0.2) is 10.9 Å². The number of nitrogens with zero attached hydrogens (tertiary/aromatic N) is 1. The van der Waals surface area contributed by atoms with Gasteiger partial charge in [-0.1, -0.05) is 36.4 Å². The summed E-state index contributed by atoms with van der Waals surface area (Å²) in [5, 5.41) is 4.25. The summed E-state index contributed by atoms with van der Waals surface area (Å²) in [7, 11) is 0. The first kappa shape index (κ1) is 15.7. The van der Waals surface area contributed by atoms with E-state index in [1.165, 1.54) is 0 Å². The number of aromatic nitrogens is 1. The number of hydrogen-bond acceptors (Lipinski definition) is 3. The summed E-state index contributed by atoms with van der Waals surface area (Å²) in [6.07, 6.45) is 0. The van der Waals surface area contributed by atoms with Crippen LogP contribution in [0.15, 0.2) is 92.9 Å². The van der Waals surface area contributed by atoms with Crippen molar-refractivity contribution in [3.8, 4) is 0 Å². The molecule has 0 aliphatic heterocycles. The maximum atomic E-state index is 13.5. The molecule has 0 atom stereocenters. The smallest absolute Gasteiger partial charge is 0.197 e. The van der Waals surface area contributed by atoms with Gasteiger partial charge in [-0.2, -0.15) is 0 Å². The molecular formula is C26H13NO3. The first-order chi connectivity index (χ1) is 14.7. The number of furan rings is 1. The van der Waals surface area contributed by atoms with E-state index in [9.17, 15) is 9.59 Å². The third-order valence-corrected chi connectivity index (χ3v) is 6.12. The van der Waals surface area contributed by atoms with Crippen LogP contribution in [-0.2, 0) is 0 Å². The molecule has 140 valence electrons. The normalized spacial score (nSPS) is 12.3. The molecule has 0 N–H and O–H groups in total. The van der Waals surface area contributed by atoms with Gasteiger partial charge in [-0.3, -0.25) is 9.59 Å². The Morgan fingerprint density at radius 2 is 1.20 bits per heavy atom. The molecule has 0 saturated heterocycles. The van der Waals surface area contributed by atoms with Crippen molar-refractivity contribution in [2.24, 2.45) is 0 Å². The number of pyridine rings is 2. The molecule has 0 saturated carbocycles. The highest BCUT2D eigenvalue weighted by Crippen LogP contribution is 2.33. The molecule has 7 rings (SSSR count). The van der Waals surface area contributed by atoms with Crippen molar-refractivity contribution in [1.29, 1.82) is 0 Å². The first-order valence-corrected chi connectivity index (χ1v) is 9.79. The van der Waals surface area contributed by atoms with E-state index in [1.54, 1.807) is 18.2 Å². The van der Waals surface area contributed by atoms with Crippen molar-refractivity contribution < 1.29 is 4.42 Å². The molecule has 0 bridgehead atoms. The van der Waals surface area contributed by atoms with E-state index < -0.39 is 0 Å². The number of hydrogen-bond donors (Lipinski definition) is 0. The van der Waals surface area contributed by atoms with Crippen LogP contribution in [0, 0.1) is 0 Å². The Balaban J connectivity index is 1.89. The van der Waals surface area contributed by atoms with Crippen molar-refractivity contribution in [1.82, 2.24) is 4.40 Å². The highest BCUT2D eigenvalue weighted by Gasteiger charge is 2.18. The van der Waals surface area contributed by atoms with Gasteiger partial charge in [0.05, 0.1) is 16.6 Å². The Labute approximate surface area is 168 Å². The SMILES string of the molecule is O=c1c2ccccc2n2c3cc4oc5ccccc5c4cc3c(=O)c3cccc1c32. The maximum absolute atomic E-state index is 13.5. The van der Waals surface area contributed by atoms with E-state index in [4.69, 9.17) is 4.42 Å². The quantitative estimate of drug-likeness (QED) is 0.257. The molecular weight excluding hydrogens is 374 g/mol. The fourth-order valence-corrected chi connectivity index (χ4v) is 4.80. The number of para-hydroxylation sites is 3. The molecule has 0 amide bonds. The minimum atomic E-state index is -0.0718. The molecule has 3 aromatic heterocycles. The second-order valence-corrected chi connectivity index (χ2v) is 7.68. The average Bonchev–Trinajstić information content (AvgIpc) is 3.15. The van der Waals surface area contributed by atoms with Gasteiger partial charge in [0.1, 0.15) is 11.2 Å². The molecule has 4 heteroatoms. The minimum Gasteiger partial charge on any atom is -0.456 e. The van der Waals surface area contributed by atoms with Gasteiger partial charge in [-0.25, -0.2) is 0 Å². The Bertz CT molecular complexity index is 1940. The van der Waals surface area contributed by atoms with Gasteiger partial charge in [0.25, 0.3) is 0 Å².